The second kappa shape index (κ2) is 5.73. The van der Waals surface area contributed by atoms with Crippen molar-refractivity contribution in [2.45, 2.75) is 19.9 Å². The van der Waals surface area contributed by atoms with Gasteiger partial charge in [0.05, 0.1) is 6.61 Å². The highest BCUT2D eigenvalue weighted by Gasteiger charge is 2.30. The fourth-order valence-electron chi connectivity index (χ4n) is 1.99. The summed E-state index contributed by atoms with van der Waals surface area (Å²) in [7, 11) is 0. The summed E-state index contributed by atoms with van der Waals surface area (Å²) in [6.07, 6.45) is -4.74. The molecule has 0 saturated carbocycles. The average molecular weight is 300 g/mol. The first-order valence-electron chi connectivity index (χ1n) is 6.06. The van der Waals surface area contributed by atoms with Crippen LogP contribution >= 0.6 is 0 Å². The molecule has 6 heteroatoms. The lowest BCUT2D eigenvalue weighted by Crippen LogP contribution is -2.16. The quantitative estimate of drug-likeness (QED) is 0.861. The molecule has 2 aromatic rings. The normalized spacial score (nSPS) is 11.5. The van der Waals surface area contributed by atoms with E-state index < -0.39 is 18.8 Å². The van der Waals surface area contributed by atoms with Crippen LogP contribution in [0.3, 0.4) is 0 Å². The molecule has 0 aliphatic rings. The van der Waals surface area contributed by atoms with Crippen LogP contribution in [0.15, 0.2) is 36.4 Å². The molecule has 0 heterocycles. The second-order valence-electron chi connectivity index (χ2n) is 4.48. The number of halogens is 4. The summed E-state index contributed by atoms with van der Waals surface area (Å²) in [6.45, 7) is 1.25. The second-order valence-corrected chi connectivity index (χ2v) is 4.48. The van der Waals surface area contributed by atoms with Gasteiger partial charge in [0.2, 0.25) is 0 Å². The van der Waals surface area contributed by atoms with Crippen molar-refractivity contribution in [1.82, 2.24) is 0 Å². The van der Waals surface area contributed by atoms with E-state index in [0.29, 0.717) is 16.7 Å². The van der Waals surface area contributed by atoms with Crippen molar-refractivity contribution < 1.29 is 27.4 Å². The minimum absolute atomic E-state index is 0.204. The Balaban J connectivity index is 2.31. The van der Waals surface area contributed by atoms with Crippen LogP contribution < -0.4 is 4.74 Å². The largest absolute Gasteiger partial charge is 0.573 e. The monoisotopic (exact) mass is 300 g/mol. The van der Waals surface area contributed by atoms with Crippen molar-refractivity contribution in [2.75, 3.05) is 0 Å². The van der Waals surface area contributed by atoms with Gasteiger partial charge in [0.1, 0.15) is 11.6 Å². The highest BCUT2D eigenvalue weighted by atomic mass is 19.4. The van der Waals surface area contributed by atoms with Crippen molar-refractivity contribution in [1.29, 1.82) is 0 Å². The Hall–Kier alpha value is -2.08. The SMILES string of the molecule is Cc1cc(-c2ccc(OC(F)(F)F)cc2)cc(F)c1CO. The average Bonchev–Trinajstić information content (AvgIpc) is 2.37. The highest BCUT2D eigenvalue weighted by Crippen LogP contribution is 2.28. The van der Waals surface area contributed by atoms with E-state index in [0.717, 1.165) is 12.1 Å². The first-order valence-corrected chi connectivity index (χ1v) is 6.06. The van der Waals surface area contributed by atoms with Gasteiger partial charge in [-0.3, -0.25) is 0 Å². The van der Waals surface area contributed by atoms with E-state index in [1.165, 1.54) is 18.2 Å². The third-order valence-corrected chi connectivity index (χ3v) is 3.00. The predicted molar refractivity (Wildman–Crippen MR) is 69.2 cm³/mol. The van der Waals surface area contributed by atoms with Gasteiger partial charge in [-0.15, -0.1) is 13.2 Å². The molecule has 0 aliphatic carbocycles. The van der Waals surface area contributed by atoms with Crippen LogP contribution in [0.5, 0.6) is 5.75 Å². The number of benzene rings is 2. The van der Waals surface area contributed by atoms with Gasteiger partial charge in [-0.2, -0.15) is 0 Å². The topological polar surface area (TPSA) is 29.5 Å². The van der Waals surface area contributed by atoms with E-state index in [4.69, 9.17) is 5.11 Å². The van der Waals surface area contributed by atoms with Gasteiger partial charge in [0.15, 0.2) is 0 Å². The first kappa shape index (κ1) is 15.3. The summed E-state index contributed by atoms with van der Waals surface area (Å²) in [6, 6.07) is 8.04. The number of rotatable bonds is 3. The van der Waals surface area contributed by atoms with Crippen molar-refractivity contribution in [3.05, 3.63) is 53.3 Å². The van der Waals surface area contributed by atoms with Gasteiger partial charge in [-0.25, -0.2) is 4.39 Å². The molecular formula is C15H12F4O2. The highest BCUT2D eigenvalue weighted by molar-refractivity contribution is 5.65. The van der Waals surface area contributed by atoms with E-state index >= 15 is 0 Å². The molecule has 0 bridgehead atoms. The molecule has 0 amide bonds. The minimum Gasteiger partial charge on any atom is -0.406 e. The number of aliphatic hydroxyl groups is 1. The van der Waals surface area contributed by atoms with Crippen LogP contribution in [0.1, 0.15) is 11.1 Å². The van der Waals surface area contributed by atoms with Crippen LogP contribution in [-0.2, 0) is 6.61 Å². The maximum Gasteiger partial charge on any atom is 0.573 e. The lowest BCUT2D eigenvalue weighted by Gasteiger charge is -2.11. The number of ether oxygens (including phenoxy) is 1. The Kier molecular flexibility index (Phi) is 4.18. The molecule has 0 saturated heterocycles. The zero-order valence-corrected chi connectivity index (χ0v) is 11.0. The Labute approximate surface area is 118 Å². The number of aryl methyl sites for hydroxylation is 1. The van der Waals surface area contributed by atoms with Gasteiger partial charge in [0.25, 0.3) is 0 Å². The van der Waals surface area contributed by atoms with Crippen LogP contribution in [0, 0.1) is 12.7 Å². The molecule has 0 fully saturated rings. The van der Waals surface area contributed by atoms with E-state index in [1.807, 2.05) is 0 Å². The summed E-state index contributed by atoms with van der Waals surface area (Å²) in [5.74, 6) is -0.890. The van der Waals surface area contributed by atoms with E-state index in [-0.39, 0.29) is 11.3 Å². The summed E-state index contributed by atoms with van der Waals surface area (Å²) in [4.78, 5) is 0. The number of alkyl halides is 3. The summed E-state index contributed by atoms with van der Waals surface area (Å²) >= 11 is 0. The summed E-state index contributed by atoms with van der Waals surface area (Å²) in [5.41, 5.74) is 1.84. The third-order valence-electron chi connectivity index (χ3n) is 3.00. The Bertz CT molecular complexity index is 610. The summed E-state index contributed by atoms with van der Waals surface area (Å²) < 4.78 is 53.7. The predicted octanol–water partition coefficient (Wildman–Crippen LogP) is 4.19. The van der Waals surface area contributed by atoms with E-state index in [1.54, 1.807) is 13.0 Å². The molecule has 0 spiro atoms. The molecule has 2 nitrogen and oxygen atoms in total. The zero-order valence-electron chi connectivity index (χ0n) is 11.0. The van der Waals surface area contributed by atoms with Crippen molar-refractivity contribution in [3.8, 4) is 16.9 Å². The molecular weight excluding hydrogens is 288 g/mol. The molecule has 112 valence electrons. The Morgan fingerprint density at radius 3 is 2.14 bits per heavy atom. The van der Waals surface area contributed by atoms with Crippen LogP contribution in [0.25, 0.3) is 11.1 Å². The minimum atomic E-state index is -4.74. The molecule has 1 N–H and O–H groups in total. The van der Waals surface area contributed by atoms with Gasteiger partial charge in [-0.1, -0.05) is 18.2 Å². The third kappa shape index (κ3) is 3.72. The van der Waals surface area contributed by atoms with E-state index in [2.05, 4.69) is 4.74 Å². The number of aliphatic hydroxyl groups excluding tert-OH is 1. The molecule has 0 aromatic heterocycles. The number of hydrogen-bond acceptors (Lipinski definition) is 2. The first-order chi connectivity index (χ1) is 9.80. The molecule has 2 aromatic carbocycles. The molecule has 21 heavy (non-hydrogen) atoms. The van der Waals surface area contributed by atoms with Crippen LogP contribution in [0.4, 0.5) is 17.6 Å². The molecule has 2 rings (SSSR count). The molecule has 0 atom stereocenters. The van der Waals surface area contributed by atoms with Gasteiger partial charge in [-0.05, 0) is 41.8 Å². The Morgan fingerprint density at radius 1 is 1.05 bits per heavy atom. The zero-order chi connectivity index (χ0) is 15.6. The molecule has 0 radical (unpaired) electrons. The van der Waals surface area contributed by atoms with Gasteiger partial charge < -0.3 is 9.84 Å². The maximum absolute atomic E-state index is 13.8. The van der Waals surface area contributed by atoms with Crippen molar-refractivity contribution in [2.24, 2.45) is 0 Å². The van der Waals surface area contributed by atoms with Gasteiger partial charge in [0, 0.05) is 5.56 Å². The molecule has 0 aliphatic heterocycles. The van der Waals surface area contributed by atoms with E-state index in [9.17, 15) is 17.6 Å². The lowest BCUT2D eigenvalue weighted by atomic mass is 9.99. The molecule has 0 unspecified atom stereocenters. The lowest BCUT2D eigenvalue weighted by molar-refractivity contribution is -0.274. The fraction of sp³-hybridized carbons (Fsp3) is 0.200. The number of hydrogen-bond donors (Lipinski definition) is 1. The Morgan fingerprint density at radius 2 is 1.67 bits per heavy atom. The van der Waals surface area contributed by atoms with Gasteiger partial charge >= 0.3 is 6.36 Å². The van der Waals surface area contributed by atoms with Crippen LogP contribution in [0.2, 0.25) is 0 Å². The standard InChI is InChI=1S/C15H12F4O2/c1-9-6-11(7-14(16)13(9)8-20)10-2-4-12(5-3-10)21-15(17,18)19/h2-7,20H,8H2,1H3. The fourth-order valence-corrected chi connectivity index (χ4v) is 1.99. The summed E-state index contributed by atoms with van der Waals surface area (Å²) in [5, 5.41) is 9.04. The van der Waals surface area contributed by atoms with Crippen molar-refractivity contribution >= 4 is 0 Å². The van der Waals surface area contributed by atoms with Crippen LogP contribution in [-0.4, -0.2) is 11.5 Å². The maximum atomic E-state index is 13.8. The smallest absolute Gasteiger partial charge is 0.406 e. The van der Waals surface area contributed by atoms with Crippen molar-refractivity contribution in [3.63, 3.8) is 0 Å².